The maximum absolute atomic E-state index is 10.9. The van der Waals surface area contributed by atoms with Crippen LogP contribution < -0.4 is 5.32 Å². The first-order chi connectivity index (χ1) is 4.75. The number of nitrogens with one attached hydrogen (secondary N) is 1. The van der Waals surface area contributed by atoms with Crippen molar-refractivity contribution in [2.75, 3.05) is 13.7 Å². The average molecular weight is 159 g/mol. The second kappa shape index (κ2) is 2.96. The molecule has 1 aliphatic heterocycles. The predicted octanol–water partition coefficient (Wildman–Crippen LogP) is 0.0963. The summed E-state index contributed by atoms with van der Waals surface area (Å²) in [6, 6.07) is 0. The van der Waals surface area contributed by atoms with Gasteiger partial charge < -0.3 is 10.1 Å². The van der Waals surface area contributed by atoms with Crippen LogP contribution in [0.5, 0.6) is 0 Å². The van der Waals surface area contributed by atoms with E-state index in [0.29, 0.717) is 4.99 Å². The molecule has 0 radical (unpaired) electrons. The molecule has 3 nitrogen and oxygen atoms in total. The van der Waals surface area contributed by atoms with Gasteiger partial charge in [-0.3, -0.25) is 4.79 Å². The van der Waals surface area contributed by atoms with Crippen LogP contribution in [0.1, 0.15) is 6.42 Å². The first kappa shape index (κ1) is 7.47. The molecule has 1 N–H and O–H groups in total. The topological polar surface area (TPSA) is 38.3 Å². The van der Waals surface area contributed by atoms with Gasteiger partial charge in [0.2, 0.25) is 0 Å². The van der Waals surface area contributed by atoms with Crippen LogP contribution in [0, 0.1) is 5.92 Å². The lowest BCUT2D eigenvalue weighted by molar-refractivity contribution is -0.142. The number of thiocarbonyl (C=S) groups is 1. The number of carbonyl (C=O) groups excluding carboxylic acids is 1. The Morgan fingerprint density at radius 1 is 1.90 bits per heavy atom. The molecular formula is C6H9NO2S. The lowest BCUT2D eigenvalue weighted by Gasteiger charge is -2.04. The van der Waals surface area contributed by atoms with Gasteiger partial charge in [-0.25, -0.2) is 0 Å². The quantitative estimate of drug-likeness (QED) is 0.435. The van der Waals surface area contributed by atoms with Crippen LogP contribution in [0.3, 0.4) is 0 Å². The Hall–Kier alpha value is -0.640. The van der Waals surface area contributed by atoms with E-state index in [1.165, 1.54) is 7.11 Å². The monoisotopic (exact) mass is 159 g/mol. The molecule has 0 aromatic heterocycles. The molecule has 56 valence electrons. The highest BCUT2D eigenvalue weighted by atomic mass is 32.1. The molecule has 1 aliphatic rings. The molecule has 0 bridgehead atoms. The lowest BCUT2D eigenvalue weighted by Crippen LogP contribution is -2.24. The molecule has 0 spiro atoms. The smallest absolute Gasteiger partial charge is 0.315 e. The van der Waals surface area contributed by atoms with Gasteiger partial charge in [0.05, 0.1) is 12.1 Å². The number of methoxy groups -OCH3 is 1. The average Bonchev–Trinajstić information content (AvgIpc) is 2.34. The zero-order valence-electron chi connectivity index (χ0n) is 5.72. The van der Waals surface area contributed by atoms with Gasteiger partial charge in [-0.2, -0.15) is 0 Å². The highest BCUT2D eigenvalue weighted by Crippen LogP contribution is 2.11. The highest BCUT2D eigenvalue weighted by Gasteiger charge is 2.28. The molecule has 0 saturated carbocycles. The van der Waals surface area contributed by atoms with E-state index in [2.05, 4.69) is 10.1 Å². The summed E-state index contributed by atoms with van der Waals surface area (Å²) in [5.41, 5.74) is 0. The van der Waals surface area contributed by atoms with Crippen molar-refractivity contribution < 1.29 is 9.53 Å². The molecule has 0 aromatic carbocycles. The fraction of sp³-hybridized carbons (Fsp3) is 0.667. The summed E-state index contributed by atoms with van der Waals surface area (Å²) >= 11 is 4.87. The van der Waals surface area contributed by atoms with Gasteiger partial charge in [-0.15, -0.1) is 0 Å². The zero-order chi connectivity index (χ0) is 7.56. The Bertz CT molecular complexity index is 169. The van der Waals surface area contributed by atoms with E-state index in [-0.39, 0.29) is 11.9 Å². The van der Waals surface area contributed by atoms with Crippen molar-refractivity contribution in [3.05, 3.63) is 0 Å². The summed E-state index contributed by atoms with van der Waals surface area (Å²) in [5.74, 6) is -0.421. The Morgan fingerprint density at radius 2 is 2.60 bits per heavy atom. The maximum Gasteiger partial charge on any atom is 0.315 e. The summed E-state index contributed by atoms with van der Waals surface area (Å²) in [7, 11) is 1.38. The Labute approximate surface area is 64.7 Å². The minimum absolute atomic E-state index is 0.194. The fourth-order valence-electron chi connectivity index (χ4n) is 0.961. The van der Waals surface area contributed by atoms with Crippen LogP contribution in [0.25, 0.3) is 0 Å². The summed E-state index contributed by atoms with van der Waals surface area (Å²) in [4.78, 5) is 11.5. The van der Waals surface area contributed by atoms with E-state index >= 15 is 0 Å². The fourth-order valence-corrected chi connectivity index (χ4v) is 1.28. The van der Waals surface area contributed by atoms with Crippen LogP contribution in [-0.2, 0) is 9.53 Å². The molecule has 0 amide bonds. The SMILES string of the molecule is COC(=O)C1CCNC1=S. The minimum Gasteiger partial charge on any atom is -0.468 e. The second-order valence-electron chi connectivity index (χ2n) is 2.16. The van der Waals surface area contributed by atoms with E-state index in [1.807, 2.05) is 0 Å². The van der Waals surface area contributed by atoms with Crippen LogP contribution in [0.15, 0.2) is 0 Å². The van der Waals surface area contributed by atoms with E-state index in [0.717, 1.165) is 13.0 Å². The molecule has 1 saturated heterocycles. The van der Waals surface area contributed by atoms with E-state index < -0.39 is 0 Å². The van der Waals surface area contributed by atoms with Crippen LogP contribution in [0.2, 0.25) is 0 Å². The van der Waals surface area contributed by atoms with Gasteiger partial charge >= 0.3 is 5.97 Å². The minimum atomic E-state index is -0.227. The molecule has 1 unspecified atom stereocenters. The molecule has 1 heterocycles. The van der Waals surface area contributed by atoms with Gasteiger partial charge in [0.15, 0.2) is 0 Å². The Balaban J connectivity index is 2.55. The highest BCUT2D eigenvalue weighted by molar-refractivity contribution is 7.80. The number of ether oxygens (including phenoxy) is 1. The largest absolute Gasteiger partial charge is 0.468 e. The van der Waals surface area contributed by atoms with Crippen molar-refractivity contribution in [2.24, 2.45) is 5.92 Å². The summed E-state index contributed by atoms with van der Waals surface area (Å²) in [6.07, 6.45) is 0.769. The molecule has 1 fully saturated rings. The van der Waals surface area contributed by atoms with Crippen molar-refractivity contribution >= 4 is 23.2 Å². The van der Waals surface area contributed by atoms with Crippen LogP contribution in [-0.4, -0.2) is 24.6 Å². The second-order valence-corrected chi connectivity index (χ2v) is 2.60. The zero-order valence-corrected chi connectivity index (χ0v) is 6.53. The molecule has 0 aromatic rings. The Morgan fingerprint density at radius 3 is 3.00 bits per heavy atom. The first-order valence-corrected chi connectivity index (χ1v) is 3.52. The van der Waals surface area contributed by atoms with E-state index in [4.69, 9.17) is 12.2 Å². The summed E-state index contributed by atoms with van der Waals surface area (Å²) < 4.78 is 4.54. The van der Waals surface area contributed by atoms with Gasteiger partial charge in [0, 0.05) is 6.54 Å². The molecule has 4 heteroatoms. The lowest BCUT2D eigenvalue weighted by atomic mass is 10.1. The van der Waals surface area contributed by atoms with Gasteiger partial charge in [0.25, 0.3) is 0 Å². The molecule has 1 rings (SSSR count). The maximum atomic E-state index is 10.9. The standard InChI is InChI=1S/C6H9NO2S/c1-9-6(8)4-2-3-7-5(4)10/h4H,2-3H2,1H3,(H,7,10). The number of carbonyl (C=O) groups is 1. The van der Waals surface area contributed by atoms with Gasteiger partial charge in [0.1, 0.15) is 5.92 Å². The van der Waals surface area contributed by atoms with Crippen molar-refractivity contribution in [2.45, 2.75) is 6.42 Å². The summed E-state index contributed by atoms with van der Waals surface area (Å²) in [5, 5.41) is 2.92. The number of hydrogen-bond donors (Lipinski definition) is 1. The van der Waals surface area contributed by atoms with Crippen LogP contribution in [0.4, 0.5) is 0 Å². The van der Waals surface area contributed by atoms with Crippen LogP contribution >= 0.6 is 12.2 Å². The predicted molar refractivity (Wildman–Crippen MR) is 40.7 cm³/mol. The van der Waals surface area contributed by atoms with E-state index in [1.54, 1.807) is 0 Å². The van der Waals surface area contributed by atoms with Gasteiger partial charge in [-0.05, 0) is 6.42 Å². The normalized spacial score (nSPS) is 24.1. The third-order valence-corrected chi connectivity index (χ3v) is 1.96. The molecule has 1 atom stereocenters. The van der Waals surface area contributed by atoms with Crippen molar-refractivity contribution in [1.82, 2.24) is 5.32 Å². The Kier molecular flexibility index (Phi) is 2.21. The third kappa shape index (κ3) is 1.26. The number of rotatable bonds is 1. The number of esters is 1. The first-order valence-electron chi connectivity index (χ1n) is 3.11. The number of hydrogen-bond acceptors (Lipinski definition) is 3. The van der Waals surface area contributed by atoms with Crippen molar-refractivity contribution in [3.8, 4) is 0 Å². The van der Waals surface area contributed by atoms with Crippen molar-refractivity contribution in [3.63, 3.8) is 0 Å². The van der Waals surface area contributed by atoms with E-state index in [9.17, 15) is 4.79 Å². The van der Waals surface area contributed by atoms with Gasteiger partial charge in [-0.1, -0.05) is 12.2 Å². The molecular weight excluding hydrogens is 150 g/mol. The summed E-state index contributed by atoms with van der Waals surface area (Å²) in [6.45, 7) is 0.790. The molecule has 10 heavy (non-hydrogen) atoms. The molecule has 0 aliphatic carbocycles. The third-order valence-electron chi connectivity index (χ3n) is 1.53. The van der Waals surface area contributed by atoms with Crippen molar-refractivity contribution in [1.29, 1.82) is 0 Å².